The fourth-order valence-electron chi connectivity index (χ4n) is 3.79. The summed E-state index contributed by atoms with van der Waals surface area (Å²) in [4.78, 5) is 14.8. The molecule has 0 spiro atoms. The van der Waals surface area contributed by atoms with Crippen LogP contribution in [0.5, 0.6) is 0 Å². The molecule has 2 aliphatic rings. The molecular formula is C16H20N4O. The molecule has 0 aromatic carbocycles. The largest absolute Gasteiger partial charge is 0.332 e. The molecule has 1 atom stereocenters. The Morgan fingerprint density at radius 1 is 1.10 bits per heavy atom. The van der Waals surface area contributed by atoms with Crippen molar-refractivity contribution in [3.05, 3.63) is 30.2 Å². The Morgan fingerprint density at radius 2 is 1.95 bits per heavy atom. The van der Waals surface area contributed by atoms with E-state index in [-0.39, 0.29) is 12.0 Å². The average Bonchev–Trinajstić information content (AvgIpc) is 3.25. The molecule has 5 nitrogen and oxygen atoms in total. The fraction of sp³-hybridized carbons (Fsp3) is 0.562. The molecule has 0 N–H and O–H groups in total. The van der Waals surface area contributed by atoms with Crippen molar-refractivity contribution >= 4 is 11.6 Å². The Morgan fingerprint density at radius 3 is 2.81 bits per heavy atom. The molecule has 5 heteroatoms. The Kier molecular flexibility index (Phi) is 3.13. The minimum Gasteiger partial charge on any atom is -0.332 e. The van der Waals surface area contributed by atoms with Gasteiger partial charge in [-0.3, -0.25) is 9.20 Å². The summed E-state index contributed by atoms with van der Waals surface area (Å²) in [5, 5.41) is 8.59. The zero-order chi connectivity index (χ0) is 14.2. The van der Waals surface area contributed by atoms with E-state index in [2.05, 4.69) is 15.1 Å². The lowest BCUT2D eigenvalue weighted by molar-refractivity contribution is -0.136. The summed E-state index contributed by atoms with van der Waals surface area (Å²) >= 11 is 0. The highest BCUT2D eigenvalue weighted by molar-refractivity contribution is 5.79. The van der Waals surface area contributed by atoms with Gasteiger partial charge in [0.05, 0.1) is 6.04 Å². The molecule has 1 aliphatic heterocycles. The number of likely N-dealkylation sites (tertiary alicyclic amines) is 1. The molecule has 1 saturated heterocycles. The third kappa shape index (κ3) is 2.11. The third-order valence-corrected chi connectivity index (χ3v) is 4.88. The maximum atomic E-state index is 12.8. The Bertz CT molecular complexity index is 659. The first kappa shape index (κ1) is 12.8. The second-order valence-corrected chi connectivity index (χ2v) is 6.16. The maximum Gasteiger partial charge on any atom is 0.226 e. The van der Waals surface area contributed by atoms with Crippen molar-refractivity contribution in [3.63, 3.8) is 0 Å². The van der Waals surface area contributed by atoms with Crippen LogP contribution >= 0.6 is 0 Å². The van der Waals surface area contributed by atoms with E-state index in [0.29, 0.717) is 5.91 Å². The molecule has 3 heterocycles. The second kappa shape index (κ2) is 5.13. The van der Waals surface area contributed by atoms with Gasteiger partial charge in [-0.2, -0.15) is 0 Å². The quantitative estimate of drug-likeness (QED) is 0.851. The van der Waals surface area contributed by atoms with Crippen molar-refractivity contribution in [2.24, 2.45) is 5.92 Å². The Labute approximate surface area is 124 Å². The summed E-state index contributed by atoms with van der Waals surface area (Å²) in [6.45, 7) is 0.863. The van der Waals surface area contributed by atoms with Crippen LogP contribution in [0.4, 0.5) is 0 Å². The minimum atomic E-state index is 0.0931. The van der Waals surface area contributed by atoms with Crippen molar-refractivity contribution in [3.8, 4) is 0 Å². The van der Waals surface area contributed by atoms with Gasteiger partial charge in [0, 0.05) is 18.7 Å². The normalized spacial score (nSPS) is 23.2. The highest BCUT2D eigenvalue weighted by Gasteiger charge is 2.37. The van der Waals surface area contributed by atoms with E-state index in [1.54, 1.807) is 0 Å². The first-order chi connectivity index (χ1) is 10.3. The third-order valence-electron chi connectivity index (χ3n) is 4.88. The van der Waals surface area contributed by atoms with Crippen molar-refractivity contribution in [1.82, 2.24) is 19.5 Å². The van der Waals surface area contributed by atoms with E-state index in [9.17, 15) is 4.79 Å². The van der Waals surface area contributed by atoms with E-state index in [1.807, 2.05) is 28.8 Å². The molecule has 2 aromatic rings. The van der Waals surface area contributed by atoms with Gasteiger partial charge in [0.2, 0.25) is 5.91 Å². The van der Waals surface area contributed by atoms with Crippen LogP contribution in [0.3, 0.4) is 0 Å². The summed E-state index contributed by atoms with van der Waals surface area (Å²) in [5.41, 5.74) is 0.854. The topological polar surface area (TPSA) is 50.5 Å². The molecule has 110 valence electrons. The van der Waals surface area contributed by atoms with E-state index < -0.39 is 0 Å². The summed E-state index contributed by atoms with van der Waals surface area (Å²) < 4.78 is 2.02. The number of amides is 1. The summed E-state index contributed by atoms with van der Waals surface area (Å²) in [6, 6.07) is 5.99. The fourth-order valence-corrected chi connectivity index (χ4v) is 3.79. The van der Waals surface area contributed by atoms with Gasteiger partial charge in [-0.15, -0.1) is 10.2 Å². The van der Waals surface area contributed by atoms with Crippen LogP contribution in [0.1, 0.15) is 50.4 Å². The lowest BCUT2D eigenvalue weighted by Gasteiger charge is -2.26. The molecule has 1 aliphatic carbocycles. The van der Waals surface area contributed by atoms with Gasteiger partial charge in [0.1, 0.15) is 0 Å². The molecule has 0 radical (unpaired) electrons. The van der Waals surface area contributed by atoms with Crippen LogP contribution < -0.4 is 0 Å². The lowest BCUT2D eigenvalue weighted by Crippen LogP contribution is -2.35. The number of rotatable bonds is 2. The van der Waals surface area contributed by atoms with E-state index >= 15 is 0 Å². The standard InChI is InChI=1S/C16H20N4O/c21-16(12-6-1-2-7-12)19-11-5-8-13(19)15-18-17-14-9-3-4-10-20(14)15/h3-4,9-10,12-13H,1-2,5-8,11H2/t13-/m0/s1. The second-order valence-electron chi connectivity index (χ2n) is 6.16. The van der Waals surface area contributed by atoms with Crippen LogP contribution in [0.2, 0.25) is 0 Å². The van der Waals surface area contributed by atoms with Crippen LogP contribution in [0.25, 0.3) is 5.65 Å². The molecule has 21 heavy (non-hydrogen) atoms. The maximum absolute atomic E-state index is 12.8. The Balaban J connectivity index is 1.65. The highest BCUT2D eigenvalue weighted by Crippen LogP contribution is 2.35. The average molecular weight is 284 g/mol. The summed E-state index contributed by atoms with van der Waals surface area (Å²) in [7, 11) is 0. The zero-order valence-electron chi connectivity index (χ0n) is 12.1. The van der Waals surface area contributed by atoms with Crippen LogP contribution in [0, 0.1) is 5.92 Å². The van der Waals surface area contributed by atoms with Crippen LogP contribution in [-0.2, 0) is 4.79 Å². The predicted octanol–water partition coefficient (Wildman–Crippen LogP) is 2.58. The van der Waals surface area contributed by atoms with E-state index in [1.165, 1.54) is 12.8 Å². The zero-order valence-corrected chi connectivity index (χ0v) is 12.1. The van der Waals surface area contributed by atoms with Gasteiger partial charge in [0.15, 0.2) is 11.5 Å². The monoisotopic (exact) mass is 284 g/mol. The van der Waals surface area contributed by atoms with Gasteiger partial charge in [0.25, 0.3) is 0 Å². The van der Waals surface area contributed by atoms with Gasteiger partial charge >= 0.3 is 0 Å². The number of carbonyl (C=O) groups is 1. The molecule has 4 rings (SSSR count). The molecule has 2 aromatic heterocycles. The molecule has 2 fully saturated rings. The van der Waals surface area contributed by atoms with Crippen molar-refractivity contribution < 1.29 is 4.79 Å². The number of nitrogens with zero attached hydrogens (tertiary/aromatic N) is 4. The van der Waals surface area contributed by atoms with Gasteiger partial charge in [-0.05, 0) is 37.8 Å². The van der Waals surface area contributed by atoms with Crippen molar-refractivity contribution in [2.75, 3.05) is 6.54 Å². The van der Waals surface area contributed by atoms with Gasteiger partial charge < -0.3 is 4.90 Å². The van der Waals surface area contributed by atoms with Crippen LogP contribution in [-0.4, -0.2) is 31.9 Å². The number of pyridine rings is 1. The number of carbonyl (C=O) groups excluding carboxylic acids is 1. The molecule has 1 saturated carbocycles. The number of hydrogen-bond donors (Lipinski definition) is 0. The Hall–Kier alpha value is -1.91. The van der Waals surface area contributed by atoms with E-state index in [0.717, 1.165) is 43.7 Å². The molecule has 0 bridgehead atoms. The first-order valence-electron chi connectivity index (χ1n) is 7.95. The van der Waals surface area contributed by atoms with Gasteiger partial charge in [-0.1, -0.05) is 18.9 Å². The van der Waals surface area contributed by atoms with Crippen LogP contribution in [0.15, 0.2) is 24.4 Å². The van der Waals surface area contributed by atoms with E-state index in [4.69, 9.17) is 0 Å². The van der Waals surface area contributed by atoms with Crippen molar-refractivity contribution in [2.45, 2.75) is 44.6 Å². The van der Waals surface area contributed by atoms with Crippen molar-refractivity contribution in [1.29, 1.82) is 0 Å². The number of hydrogen-bond acceptors (Lipinski definition) is 3. The molecule has 1 amide bonds. The summed E-state index contributed by atoms with van der Waals surface area (Å²) in [6.07, 6.45) is 8.55. The minimum absolute atomic E-state index is 0.0931. The van der Waals surface area contributed by atoms with Gasteiger partial charge in [-0.25, -0.2) is 0 Å². The highest BCUT2D eigenvalue weighted by atomic mass is 16.2. The molecule has 0 unspecified atom stereocenters. The first-order valence-corrected chi connectivity index (χ1v) is 7.95. The number of fused-ring (bicyclic) bond motifs is 1. The number of aromatic nitrogens is 3. The smallest absolute Gasteiger partial charge is 0.226 e. The SMILES string of the molecule is O=C(C1CCCC1)N1CCC[C@H]1c1nnc2ccccn12. The molecular weight excluding hydrogens is 264 g/mol. The summed E-state index contributed by atoms with van der Waals surface area (Å²) in [5.74, 6) is 1.49. The lowest BCUT2D eigenvalue weighted by atomic mass is 10.1. The predicted molar refractivity (Wildman–Crippen MR) is 78.6 cm³/mol.